The first kappa shape index (κ1) is 12.9. The Hall–Kier alpha value is -1.14. The van der Waals surface area contributed by atoms with E-state index in [2.05, 4.69) is 21.2 Å². The molecule has 6 heteroatoms. The Morgan fingerprint density at radius 2 is 2.12 bits per heavy atom. The Morgan fingerprint density at radius 3 is 2.62 bits per heavy atom. The second-order valence-electron chi connectivity index (χ2n) is 3.32. The van der Waals surface area contributed by atoms with E-state index in [0.717, 1.165) is 4.47 Å². The summed E-state index contributed by atoms with van der Waals surface area (Å²) in [5, 5.41) is 2.96. The van der Waals surface area contributed by atoms with Crippen LogP contribution in [-0.2, 0) is 4.79 Å². The van der Waals surface area contributed by atoms with E-state index >= 15 is 0 Å². The topological polar surface area (TPSA) is 81.1 Å². The lowest BCUT2D eigenvalue weighted by Crippen LogP contribution is -2.33. The monoisotopic (exact) mass is 301 g/mol. The number of nitrogens with one attached hydrogen (secondary N) is 1. The Kier molecular flexibility index (Phi) is 4.26. The maximum absolute atomic E-state index is 10.9. The fraction of sp³-hybridized carbons (Fsp3) is 0.200. The summed E-state index contributed by atoms with van der Waals surface area (Å²) in [6.07, 6.45) is 0. The van der Waals surface area contributed by atoms with E-state index in [4.69, 9.17) is 23.7 Å². The lowest BCUT2D eigenvalue weighted by molar-refractivity contribution is -0.118. The highest BCUT2D eigenvalue weighted by molar-refractivity contribution is 9.10. The minimum absolute atomic E-state index is 0.264. The summed E-state index contributed by atoms with van der Waals surface area (Å²) >= 11 is 8.25. The molecule has 1 rings (SSSR count). The minimum Gasteiger partial charge on any atom is -0.389 e. The van der Waals surface area contributed by atoms with E-state index in [1.807, 2.05) is 6.07 Å². The highest BCUT2D eigenvalue weighted by atomic mass is 79.9. The second kappa shape index (κ2) is 5.27. The Bertz CT molecular complexity index is 436. The van der Waals surface area contributed by atoms with Gasteiger partial charge in [-0.3, -0.25) is 4.79 Å². The highest BCUT2D eigenvalue weighted by Crippen LogP contribution is 2.21. The molecule has 4 nitrogen and oxygen atoms in total. The second-order valence-corrected chi connectivity index (χ2v) is 4.68. The molecule has 0 bridgehead atoms. The number of halogens is 1. The first-order valence-corrected chi connectivity index (χ1v) is 5.77. The van der Waals surface area contributed by atoms with Crippen LogP contribution in [0.2, 0.25) is 0 Å². The number of carbonyl (C=O) groups excluding carboxylic acids is 1. The molecule has 1 unspecified atom stereocenters. The third-order valence-corrected chi connectivity index (χ3v) is 2.76. The Balaban J connectivity index is 3.04. The zero-order valence-corrected chi connectivity index (χ0v) is 11.1. The van der Waals surface area contributed by atoms with Crippen LogP contribution < -0.4 is 16.8 Å². The number of carbonyl (C=O) groups is 1. The van der Waals surface area contributed by atoms with Crippen molar-refractivity contribution in [3.8, 4) is 0 Å². The van der Waals surface area contributed by atoms with Crippen LogP contribution >= 0.6 is 28.1 Å². The number of rotatable bonds is 4. The average Bonchev–Trinajstić information content (AvgIpc) is 2.20. The molecular formula is C10H12BrN3OS. The van der Waals surface area contributed by atoms with Gasteiger partial charge in [-0.05, 0) is 25.1 Å². The van der Waals surface area contributed by atoms with Crippen molar-refractivity contribution in [2.24, 2.45) is 11.5 Å². The predicted molar refractivity (Wildman–Crippen MR) is 72.3 cm³/mol. The lowest BCUT2D eigenvalue weighted by atomic mass is 10.1. The van der Waals surface area contributed by atoms with E-state index in [0.29, 0.717) is 11.3 Å². The molecule has 0 aliphatic carbocycles. The van der Waals surface area contributed by atoms with Gasteiger partial charge in [0.2, 0.25) is 5.91 Å². The molecule has 0 aliphatic heterocycles. The van der Waals surface area contributed by atoms with E-state index < -0.39 is 11.9 Å². The van der Waals surface area contributed by atoms with Gasteiger partial charge in [-0.15, -0.1) is 0 Å². The molecule has 0 aromatic heterocycles. The fourth-order valence-corrected chi connectivity index (χ4v) is 1.68. The molecule has 1 aromatic carbocycles. The molecule has 0 aliphatic rings. The van der Waals surface area contributed by atoms with E-state index in [-0.39, 0.29) is 4.99 Å². The number of primary amides is 1. The molecule has 86 valence electrons. The third kappa shape index (κ3) is 3.18. The summed E-state index contributed by atoms with van der Waals surface area (Å²) in [6, 6.07) is 4.93. The van der Waals surface area contributed by atoms with Crippen LogP contribution in [0, 0.1) is 0 Å². The minimum atomic E-state index is -0.478. The van der Waals surface area contributed by atoms with Gasteiger partial charge in [0.25, 0.3) is 0 Å². The summed E-state index contributed by atoms with van der Waals surface area (Å²) in [7, 11) is 0. The van der Waals surface area contributed by atoms with Crippen LogP contribution in [-0.4, -0.2) is 16.9 Å². The molecule has 16 heavy (non-hydrogen) atoms. The van der Waals surface area contributed by atoms with Gasteiger partial charge < -0.3 is 16.8 Å². The maximum atomic E-state index is 10.9. The van der Waals surface area contributed by atoms with Crippen molar-refractivity contribution >= 4 is 44.7 Å². The quantitative estimate of drug-likeness (QED) is 0.734. The largest absolute Gasteiger partial charge is 0.389 e. The molecule has 0 heterocycles. The summed E-state index contributed by atoms with van der Waals surface area (Å²) < 4.78 is 0.868. The van der Waals surface area contributed by atoms with E-state index in [9.17, 15) is 4.79 Å². The Morgan fingerprint density at radius 1 is 1.50 bits per heavy atom. The smallest absolute Gasteiger partial charge is 0.239 e. The molecule has 0 spiro atoms. The molecule has 0 fully saturated rings. The molecular weight excluding hydrogens is 290 g/mol. The standard InChI is InChI=1S/C10H12BrN3OS/c1-5(9(12)15)14-8-3-2-6(11)4-7(8)10(13)16/h2-5,14H,1H3,(H2,12,15)(H2,13,16). The van der Waals surface area contributed by atoms with Crippen LogP contribution in [0.25, 0.3) is 0 Å². The van der Waals surface area contributed by atoms with E-state index in [1.165, 1.54) is 0 Å². The van der Waals surface area contributed by atoms with Crippen LogP contribution in [0.5, 0.6) is 0 Å². The van der Waals surface area contributed by atoms with Crippen LogP contribution in [0.4, 0.5) is 5.69 Å². The Labute approximate surface area is 108 Å². The molecule has 0 radical (unpaired) electrons. The van der Waals surface area contributed by atoms with Crippen molar-refractivity contribution < 1.29 is 4.79 Å². The number of hydrogen-bond acceptors (Lipinski definition) is 3. The zero-order valence-electron chi connectivity index (χ0n) is 8.66. The predicted octanol–water partition coefficient (Wildman–Crippen LogP) is 1.37. The fourth-order valence-electron chi connectivity index (χ4n) is 1.15. The van der Waals surface area contributed by atoms with Gasteiger partial charge in [-0.2, -0.15) is 0 Å². The van der Waals surface area contributed by atoms with Gasteiger partial charge in [0, 0.05) is 15.7 Å². The zero-order chi connectivity index (χ0) is 12.3. The van der Waals surface area contributed by atoms with Crippen LogP contribution in [0.1, 0.15) is 12.5 Å². The third-order valence-electron chi connectivity index (χ3n) is 2.05. The number of amides is 1. The van der Waals surface area contributed by atoms with Gasteiger partial charge in [0.1, 0.15) is 11.0 Å². The molecule has 0 saturated heterocycles. The normalized spacial score (nSPS) is 11.9. The van der Waals surface area contributed by atoms with Crippen molar-refractivity contribution in [3.63, 3.8) is 0 Å². The van der Waals surface area contributed by atoms with Crippen LogP contribution in [0.3, 0.4) is 0 Å². The van der Waals surface area contributed by atoms with Gasteiger partial charge in [0.05, 0.1) is 0 Å². The highest BCUT2D eigenvalue weighted by Gasteiger charge is 2.12. The average molecular weight is 302 g/mol. The molecule has 1 atom stereocenters. The van der Waals surface area contributed by atoms with Crippen molar-refractivity contribution in [1.82, 2.24) is 0 Å². The SMILES string of the molecule is CC(Nc1ccc(Br)cc1C(N)=S)C(N)=O. The lowest BCUT2D eigenvalue weighted by Gasteiger charge is -2.15. The van der Waals surface area contributed by atoms with Crippen LogP contribution in [0.15, 0.2) is 22.7 Å². The summed E-state index contributed by atoms with van der Waals surface area (Å²) in [4.78, 5) is 11.2. The summed E-state index contributed by atoms with van der Waals surface area (Å²) in [5.74, 6) is -0.434. The van der Waals surface area contributed by atoms with Crippen molar-refractivity contribution in [2.45, 2.75) is 13.0 Å². The maximum Gasteiger partial charge on any atom is 0.239 e. The van der Waals surface area contributed by atoms with Gasteiger partial charge in [-0.1, -0.05) is 28.1 Å². The molecule has 1 aromatic rings. The first-order valence-electron chi connectivity index (χ1n) is 4.57. The van der Waals surface area contributed by atoms with Gasteiger partial charge >= 0.3 is 0 Å². The first-order chi connectivity index (χ1) is 7.41. The number of nitrogens with two attached hydrogens (primary N) is 2. The molecule has 1 amide bonds. The van der Waals surface area contributed by atoms with E-state index in [1.54, 1.807) is 19.1 Å². The number of benzene rings is 1. The number of anilines is 1. The van der Waals surface area contributed by atoms with Crippen molar-refractivity contribution in [2.75, 3.05) is 5.32 Å². The number of hydrogen-bond donors (Lipinski definition) is 3. The van der Waals surface area contributed by atoms with Crippen molar-refractivity contribution in [1.29, 1.82) is 0 Å². The summed E-state index contributed by atoms with van der Waals surface area (Å²) in [5.41, 5.74) is 12.1. The molecule has 5 N–H and O–H groups in total. The summed E-state index contributed by atoms with van der Waals surface area (Å²) in [6.45, 7) is 1.67. The van der Waals surface area contributed by atoms with Crippen molar-refractivity contribution in [3.05, 3.63) is 28.2 Å². The van der Waals surface area contributed by atoms with Gasteiger partial charge in [-0.25, -0.2) is 0 Å². The number of thiocarbonyl (C=S) groups is 1. The molecule has 0 saturated carbocycles. The van der Waals surface area contributed by atoms with Gasteiger partial charge in [0.15, 0.2) is 0 Å².